The number of nitrogens with zero attached hydrogens (tertiary/aromatic N) is 1. The molecular formula is C14H24N2. The lowest BCUT2D eigenvalue weighted by Gasteiger charge is -2.21. The van der Waals surface area contributed by atoms with E-state index in [0.717, 1.165) is 0 Å². The van der Waals surface area contributed by atoms with Crippen molar-refractivity contribution in [2.24, 2.45) is 11.7 Å². The first-order valence-corrected chi connectivity index (χ1v) is 6.09. The minimum atomic E-state index is 0.163. The molecule has 2 N–H and O–H groups in total. The largest absolute Gasteiger partial charge is 0.378 e. The zero-order chi connectivity index (χ0) is 12.1. The molecule has 0 radical (unpaired) electrons. The van der Waals surface area contributed by atoms with Gasteiger partial charge in [-0.3, -0.25) is 0 Å². The minimum Gasteiger partial charge on any atom is -0.378 e. The van der Waals surface area contributed by atoms with Gasteiger partial charge in [0.05, 0.1) is 0 Å². The first kappa shape index (κ1) is 13.0. The Bertz CT molecular complexity index is 303. The van der Waals surface area contributed by atoms with Crippen molar-refractivity contribution in [3.8, 4) is 0 Å². The molecule has 0 aliphatic heterocycles. The van der Waals surface area contributed by atoms with Crippen molar-refractivity contribution >= 4 is 5.69 Å². The molecule has 0 amide bonds. The number of hydrogen-bond acceptors (Lipinski definition) is 2. The van der Waals surface area contributed by atoms with Gasteiger partial charge in [0, 0.05) is 25.8 Å². The summed E-state index contributed by atoms with van der Waals surface area (Å²) in [5.74, 6) is 0.551. The third-order valence-electron chi connectivity index (χ3n) is 3.15. The predicted molar refractivity (Wildman–Crippen MR) is 71.8 cm³/mol. The van der Waals surface area contributed by atoms with E-state index in [9.17, 15) is 0 Å². The summed E-state index contributed by atoms with van der Waals surface area (Å²) in [5, 5.41) is 0. The van der Waals surface area contributed by atoms with Gasteiger partial charge < -0.3 is 10.6 Å². The Balaban J connectivity index is 2.73. The number of nitrogens with two attached hydrogens (primary N) is 1. The van der Waals surface area contributed by atoms with E-state index in [1.165, 1.54) is 24.1 Å². The Hall–Kier alpha value is -1.02. The lowest BCUT2D eigenvalue weighted by molar-refractivity contribution is 0.434. The van der Waals surface area contributed by atoms with Crippen LogP contribution in [-0.2, 0) is 0 Å². The number of rotatable bonds is 5. The van der Waals surface area contributed by atoms with E-state index in [4.69, 9.17) is 5.73 Å². The van der Waals surface area contributed by atoms with Crippen LogP contribution >= 0.6 is 0 Å². The molecule has 2 heteroatoms. The molecule has 0 aliphatic rings. The van der Waals surface area contributed by atoms with Gasteiger partial charge in [0.2, 0.25) is 0 Å². The molecule has 0 heterocycles. The molecular weight excluding hydrogens is 196 g/mol. The Morgan fingerprint density at radius 2 is 1.75 bits per heavy atom. The lowest BCUT2D eigenvalue weighted by Crippen LogP contribution is -2.19. The summed E-state index contributed by atoms with van der Waals surface area (Å²) in [6.07, 6.45) is 2.39. The fourth-order valence-corrected chi connectivity index (χ4v) is 1.96. The van der Waals surface area contributed by atoms with Crippen molar-refractivity contribution in [3.05, 3.63) is 29.8 Å². The Morgan fingerprint density at radius 1 is 1.19 bits per heavy atom. The summed E-state index contributed by atoms with van der Waals surface area (Å²) < 4.78 is 0. The second-order valence-electron chi connectivity index (χ2n) is 4.78. The maximum absolute atomic E-state index is 6.24. The van der Waals surface area contributed by atoms with E-state index in [2.05, 4.69) is 57.1 Å². The van der Waals surface area contributed by atoms with Crippen molar-refractivity contribution in [3.63, 3.8) is 0 Å². The highest BCUT2D eigenvalue weighted by molar-refractivity contribution is 5.46. The molecule has 0 aromatic heterocycles. The van der Waals surface area contributed by atoms with Gasteiger partial charge in [0.25, 0.3) is 0 Å². The number of hydrogen-bond donors (Lipinski definition) is 1. The van der Waals surface area contributed by atoms with Gasteiger partial charge in [-0.15, -0.1) is 0 Å². The maximum atomic E-state index is 6.24. The van der Waals surface area contributed by atoms with Gasteiger partial charge in [0.15, 0.2) is 0 Å². The normalized spacial score (nSPS) is 14.6. The van der Waals surface area contributed by atoms with Gasteiger partial charge >= 0.3 is 0 Å². The predicted octanol–water partition coefficient (Wildman–Crippen LogP) is 3.19. The zero-order valence-corrected chi connectivity index (χ0v) is 10.9. The molecule has 1 aromatic carbocycles. The van der Waals surface area contributed by atoms with Crippen LogP contribution in [0.2, 0.25) is 0 Å². The third-order valence-corrected chi connectivity index (χ3v) is 3.15. The average molecular weight is 220 g/mol. The van der Waals surface area contributed by atoms with Crippen molar-refractivity contribution in [1.82, 2.24) is 0 Å². The summed E-state index contributed by atoms with van der Waals surface area (Å²) in [6, 6.07) is 8.72. The summed E-state index contributed by atoms with van der Waals surface area (Å²) in [5.41, 5.74) is 8.70. The van der Waals surface area contributed by atoms with Gasteiger partial charge in [-0.2, -0.15) is 0 Å². The lowest BCUT2D eigenvalue weighted by atomic mass is 9.92. The molecule has 2 atom stereocenters. The summed E-state index contributed by atoms with van der Waals surface area (Å²) in [6.45, 7) is 4.44. The molecule has 0 fully saturated rings. The summed E-state index contributed by atoms with van der Waals surface area (Å²) in [7, 11) is 4.10. The van der Waals surface area contributed by atoms with Crippen LogP contribution in [0.5, 0.6) is 0 Å². The van der Waals surface area contributed by atoms with E-state index < -0.39 is 0 Å². The molecule has 0 spiro atoms. The Labute approximate surface area is 99.5 Å². The van der Waals surface area contributed by atoms with Crippen LogP contribution < -0.4 is 10.6 Å². The molecule has 1 rings (SSSR count). The average Bonchev–Trinajstić information content (AvgIpc) is 2.28. The second kappa shape index (κ2) is 5.90. The van der Waals surface area contributed by atoms with E-state index in [-0.39, 0.29) is 6.04 Å². The van der Waals surface area contributed by atoms with Crippen LogP contribution in [0.15, 0.2) is 24.3 Å². The fourth-order valence-electron chi connectivity index (χ4n) is 1.96. The van der Waals surface area contributed by atoms with Crippen molar-refractivity contribution < 1.29 is 0 Å². The van der Waals surface area contributed by atoms with Gasteiger partial charge in [-0.05, 0) is 30.0 Å². The van der Waals surface area contributed by atoms with Crippen molar-refractivity contribution in [2.45, 2.75) is 32.7 Å². The van der Waals surface area contributed by atoms with Crippen LogP contribution in [0.25, 0.3) is 0 Å². The number of anilines is 1. The van der Waals surface area contributed by atoms with Crippen molar-refractivity contribution in [1.29, 1.82) is 0 Å². The van der Waals surface area contributed by atoms with E-state index in [1.54, 1.807) is 0 Å². The molecule has 0 bridgehead atoms. The smallest absolute Gasteiger partial charge is 0.0361 e. The number of benzene rings is 1. The zero-order valence-electron chi connectivity index (χ0n) is 10.9. The minimum absolute atomic E-state index is 0.163. The highest BCUT2D eigenvalue weighted by Gasteiger charge is 2.13. The van der Waals surface area contributed by atoms with Gasteiger partial charge in [0.1, 0.15) is 0 Å². The van der Waals surface area contributed by atoms with Crippen LogP contribution in [-0.4, -0.2) is 14.1 Å². The second-order valence-corrected chi connectivity index (χ2v) is 4.78. The molecule has 2 nitrogen and oxygen atoms in total. The van der Waals surface area contributed by atoms with Gasteiger partial charge in [-0.25, -0.2) is 0 Å². The standard InChI is InChI=1S/C14H24N2/c1-5-6-11(2)14(15)12-7-9-13(10-8-12)16(3)4/h7-11,14H,5-6,15H2,1-4H3. The van der Waals surface area contributed by atoms with Crippen molar-refractivity contribution in [2.75, 3.05) is 19.0 Å². The first-order chi connectivity index (χ1) is 7.56. The third kappa shape index (κ3) is 3.24. The quantitative estimate of drug-likeness (QED) is 0.825. The van der Waals surface area contributed by atoms with Crippen LogP contribution in [0.1, 0.15) is 38.3 Å². The Morgan fingerprint density at radius 3 is 2.19 bits per heavy atom. The SMILES string of the molecule is CCCC(C)C(N)c1ccc(N(C)C)cc1. The van der Waals surface area contributed by atoms with Crippen LogP contribution in [0, 0.1) is 5.92 Å². The molecule has 0 saturated carbocycles. The summed E-state index contributed by atoms with van der Waals surface area (Å²) in [4.78, 5) is 2.10. The molecule has 16 heavy (non-hydrogen) atoms. The van der Waals surface area contributed by atoms with E-state index in [1.807, 2.05) is 0 Å². The highest BCUT2D eigenvalue weighted by Crippen LogP contribution is 2.24. The maximum Gasteiger partial charge on any atom is 0.0361 e. The van der Waals surface area contributed by atoms with E-state index in [0.29, 0.717) is 5.92 Å². The fraction of sp³-hybridized carbons (Fsp3) is 0.571. The molecule has 0 aliphatic carbocycles. The topological polar surface area (TPSA) is 29.3 Å². The Kier molecular flexibility index (Phi) is 4.81. The highest BCUT2D eigenvalue weighted by atomic mass is 15.1. The van der Waals surface area contributed by atoms with Gasteiger partial charge in [-0.1, -0.05) is 32.4 Å². The monoisotopic (exact) mass is 220 g/mol. The van der Waals surface area contributed by atoms with Crippen LogP contribution in [0.3, 0.4) is 0 Å². The molecule has 2 unspecified atom stereocenters. The van der Waals surface area contributed by atoms with Crippen LogP contribution in [0.4, 0.5) is 5.69 Å². The molecule has 1 aromatic rings. The molecule has 0 saturated heterocycles. The summed E-state index contributed by atoms with van der Waals surface area (Å²) >= 11 is 0. The first-order valence-electron chi connectivity index (χ1n) is 6.09. The van der Waals surface area contributed by atoms with E-state index >= 15 is 0 Å². The molecule has 90 valence electrons.